The van der Waals surface area contributed by atoms with Gasteiger partial charge in [-0.2, -0.15) is 13.2 Å². The van der Waals surface area contributed by atoms with Gasteiger partial charge in [-0.3, -0.25) is 4.79 Å². The van der Waals surface area contributed by atoms with Crippen molar-refractivity contribution < 1.29 is 35.9 Å². The number of carbonyl (C=O) groups excluding carboxylic acids is 1. The standard InChI is InChI=1S/C18H15ClF6N4O2/c19-12-6-10(4-5-13(12)31-18(23,24)25)28-16-27-8-11(14(29-16)17(20,21)22)15(30)26-7-9-2-1-3-9/h4-6,8-9H,1-3,7H2,(H,26,30)(H,27,28,29). The van der Waals surface area contributed by atoms with E-state index in [1.165, 1.54) is 0 Å². The van der Waals surface area contributed by atoms with E-state index in [0.29, 0.717) is 0 Å². The van der Waals surface area contributed by atoms with Crippen LogP contribution in [-0.2, 0) is 6.18 Å². The van der Waals surface area contributed by atoms with Gasteiger partial charge >= 0.3 is 12.5 Å². The maximum atomic E-state index is 13.4. The first-order chi connectivity index (χ1) is 14.4. The second-order valence-corrected chi connectivity index (χ2v) is 7.19. The Labute approximate surface area is 177 Å². The minimum atomic E-state index is -4.96. The second-order valence-electron chi connectivity index (χ2n) is 6.78. The molecule has 168 valence electrons. The first-order valence-corrected chi connectivity index (χ1v) is 9.35. The number of nitrogens with one attached hydrogen (secondary N) is 2. The van der Waals surface area contributed by atoms with E-state index in [-0.39, 0.29) is 18.2 Å². The van der Waals surface area contributed by atoms with Gasteiger partial charge in [0.25, 0.3) is 5.91 Å². The molecule has 0 atom stereocenters. The van der Waals surface area contributed by atoms with E-state index in [2.05, 4.69) is 25.3 Å². The number of amides is 1. The van der Waals surface area contributed by atoms with Crippen LogP contribution in [0.3, 0.4) is 0 Å². The van der Waals surface area contributed by atoms with Crippen LogP contribution in [0.15, 0.2) is 24.4 Å². The molecule has 2 aromatic rings. The maximum Gasteiger partial charge on any atom is 0.573 e. The highest BCUT2D eigenvalue weighted by molar-refractivity contribution is 6.32. The molecular weight excluding hydrogens is 454 g/mol. The number of halogens is 7. The Morgan fingerprint density at radius 3 is 2.45 bits per heavy atom. The molecule has 6 nitrogen and oxygen atoms in total. The monoisotopic (exact) mass is 468 g/mol. The third-order valence-corrected chi connectivity index (χ3v) is 4.79. The minimum Gasteiger partial charge on any atom is -0.404 e. The summed E-state index contributed by atoms with van der Waals surface area (Å²) in [6.07, 6.45) is -6.34. The number of aromatic nitrogens is 2. The third kappa shape index (κ3) is 6.12. The average molecular weight is 469 g/mol. The minimum absolute atomic E-state index is 0.00911. The second kappa shape index (κ2) is 8.77. The van der Waals surface area contributed by atoms with E-state index in [0.717, 1.165) is 43.7 Å². The van der Waals surface area contributed by atoms with E-state index < -0.39 is 46.4 Å². The van der Waals surface area contributed by atoms with Crippen LogP contribution in [0.2, 0.25) is 5.02 Å². The molecule has 1 aromatic heterocycles. The summed E-state index contributed by atoms with van der Waals surface area (Å²) in [5, 5.41) is 4.42. The van der Waals surface area contributed by atoms with Gasteiger partial charge < -0.3 is 15.4 Å². The van der Waals surface area contributed by atoms with Gasteiger partial charge in [-0.1, -0.05) is 18.0 Å². The van der Waals surface area contributed by atoms with Crippen molar-refractivity contribution in [2.24, 2.45) is 5.92 Å². The Bertz CT molecular complexity index is 963. The predicted molar refractivity (Wildman–Crippen MR) is 98.1 cm³/mol. The number of alkyl halides is 6. The highest BCUT2D eigenvalue weighted by Gasteiger charge is 2.38. The number of rotatable bonds is 6. The number of carbonyl (C=O) groups is 1. The Kier molecular flexibility index (Phi) is 6.48. The third-order valence-electron chi connectivity index (χ3n) is 4.49. The van der Waals surface area contributed by atoms with Crippen LogP contribution in [0.5, 0.6) is 5.75 Å². The molecule has 1 aliphatic rings. The Morgan fingerprint density at radius 1 is 1.19 bits per heavy atom. The van der Waals surface area contributed by atoms with Crippen molar-refractivity contribution in [1.82, 2.24) is 15.3 Å². The topological polar surface area (TPSA) is 76.1 Å². The van der Waals surface area contributed by atoms with Crippen LogP contribution in [0.1, 0.15) is 35.3 Å². The number of benzene rings is 1. The van der Waals surface area contributed by atoms with Crippen molar-refractivity contribution in [3.63, 3.8) is 0 Å². The lowest BCUT2D eigenvalue weighted by molar-refractivity contribution is -0.274. The van der Waals surface area contributed by atoms with Gasteiger partial charge in [-0.15, -0.1) is 13.2 Å². The molecule has 0 bridgehead atoms. The molecule has 1 aromatic carbocycles. The molecule has 1 fully saturated rings. The number of anilines is 2. The van der Waals surface area contributed by atoms with E-state index in [1.54, 1.807) is 0 Å². The molecule has 31 heavy (non-hydrogen) atoms. The van der Waals surface area contributed by atoms with Crippen molar-refractivity contribution in [3.8, 4) is 5.75 Å². The zero-order valence-electron chi connectivity index (χ0n) is 15.6. The first-order valence-electron chi connectivity index (χ1n) is 8.97. The van der Waals surface area contributed by atoms with Crippen molar-refractivity contribution >= 4 is 29.1 Å². The van der Waals surface area contributed by atoms with Crippen LogP contribution in [0, 0.1) is 5.92 Å². The van der Waals surface area contributed by atoms with Crippen molar-refractivity contribution in [2.45, 2.75) is 31.8 Å². The summed E-state index contributed by atoms with van der Waals surface area (Å²) in [6, 6.07) is 2.96. The Morgan fingerprint density at radius 2 is 1.90 bits per heavy atom. The molecule has 13 heteroatoms. The lowest BCUT2D eigenvalue weighted by atomic mass is 9.85. The zero-order valence-corrected chi connectivity index (χ0v) is 16.3. The van der Waals surface area contributed by atoms with Crippen molar-refractivity contribution in [1.29, 1.82) is 0 Å². The molecule has 3 rings (SSSR count). The van der Waals surface area contributed by atoms with Crippen molar-refractivity contribution in [3.05, 3.63) is 40.7 Å². The van der Waals surface area contributed by atoms with Gasteiger partial charge in [-0.05, 0) is 37.0 Å². The van der Waals surface area contributed by atoms with Gasteiger partial charge in [0.1, 0.15) is 5.75 Å². The largest absolute Gasteiger partial charge is 0.573 e. The fourth-order valence-corrected chi connectivity index (χ4v) is 2.99. The number of hydrogen-bond acceptors (Lipinski definition) is 5. The highest BCUT2D eigenvalue weighted by Crippen LogP contribution is 2.34. The lowest BCUT2D eigenvalue weighted by Gasteiger charge is -2.25. The molecule has 0 aliphatic heterocycles. The normalized spacial score (nSPS) is 14.7. The van der Waals surface area contributed by atoms with Gasteiger partial charge in [0, 0.05) is 18.4 Å². The average Bonchev–Trinajstić information content (AvgIpc) is 2.61. The zero-order chi connectivity index (χ0) is 22.8. The quantitative estimate of drug-likeness (QED) is 0.561. The smallest absolute Gasteiger partial charge is 0.404 e. The molecule has 0 spiro atoms. The van der Waals surface area contributed by atoms with E-state index in [1.807, 2.05) is 0 Å². The van der Waals surface area contributed by atoms with Gasteiger partial charge in [0.15, 0.2) is 5.69 Å². The van der Waals surface area contributed by atoms with Gasteiger partial charge in [0.2, 0.25) is 5.95 Å². The summed E-state index contributed by atoms with van der Waals surface area (Å²) in [5.74, 6) is -1.91. The predicted octanol–water partition coefficient (Wildman–Crippen LogP) is 5.32. The molecule has 1 aliphatic carbocycles. The molecule has 1 saturated carbocycles. The van der Waals surface area contributed by atoms with Gasteiger partial charge in [-0.25, -0.2) is 9.97 Å². The maximum absolute atomic E-state index is 13.4. The summed E-state index contributed by atoms with van der Waals surface area (Å²) in [7, 11) is 0. The molecule has 0 saturated heterocycles. The first kappa shape index (κ1) is 22.9. The van der Waals surface area contributed by atoms with Crippen LogP contribution >= 0.6 is 11.6 Å². The summed E-state index contributed by atoms with van der Waals surface area (Å²) in [5.41, 5.74) is -2.17. The van der Waals surface area contributed by atoms with E-state index in [9.17, 15) is 31.1 Å². The van der Waals surface area contributed by atoms with E-state index >= 15 is 0 Å². The number of hydrogen-bond donors (Lipinski definition) is 2. The SMILES string of the molecule is O=C(NCC1CCC1)c1cnc(Nc2ccc(OC(F)(F)F)c(Cl)c2)nc1C(F)(F)F. The summed E-state index contributed by atoms with van der Waals surface area (Å²) in [6.45, 7) is 0.265. The molecule has 1 heterocycles. The van der Waals surface area contributed by atoms with Crippen LogP contribution in [-0.4, -0.2) is 28.8 Å². The van der Waals surface area contributed by atoms with E-state index in [4.69, 9.17) is 11.6 Å². The summed E-state index contributed by atoms with van der Waals surface area (Å²) in [4.78, 5) is 19.3. The Balaban J connectivity index is 1.79. The lowest BCUT2D eigenvalue weighted by Crippen LogP contribution is -2.33. The highest BCUT2D eigenvalue weighted by atomic mass is 35.5. The molecule has 2 N–H and O–H groups in total. The molecule has 0 unspecified atom stereocenters. The number of nitrogens with zero attached hydrogens (tertiary/aromatic N) is 2. The molecular formula is C18H15ClF6N4O2. The van der Waals surface area contributed by atoms with Crippen LogP contribution < -0.4 is 15.4 Å². The van der Waals surface area contributed by atoms with Crippen molar-refractivity contribution in [2.75, 3.05) is 11.9 Å². The van der Waals surface area contributed by atoms with Crippen LogP contribution in [0.25, 0.3) is 0 Å². The van der Waals surface area contributed by atoms with Gasteiger partial charge in [0.05, 0.1) is 10.6 Å². The Hall–Kier alpha value is -2.76. The van der Waals surface area contributed by atoms with Crippen LogP contribution in [0.4, 0.5) is 38.0 Å². The fraction of sp³-hybridized carbons (Fsp3) is 0.389. The summed E-state index contributed by atoms with van der Waals surface area (Å²) >= 11 is 5.71. The fourth-order valence-electron chi connectivity index (χ4n) is 2.77. The summed E-state index contributed by atoms with van der Waals surface area (Å²) < 4.78 is 80.9. The molecule has 1 amide bonds. The molecule has 0 radical (unpaired) electrons. The number of ether oxygens (including phenoxy) is 1.